The Morgan fingerprint density at radius 2 is 2.05 bits per heavy atom. The van der Waals surface area contributed by atoms with Gasteiger partial charge in [-0.2, -0.15) is 0 Å². The van der Waals surface area contributed by atoms with Gasteiger partial charge in [0.05, 0.1) is 33.3 Å². The van der Waals surface area contributed by atoms with Gasteiger partial charge in [-0.3, -0.25) is 4.90 Å². The predicted molar refractivity (Wildman–Crippen MR) is 79.2 cm³/mol. The third kappa shape index (κ3) is 4.40. The summed E-state index contributed by atoms with van der Waals surface area (Å²) in [6.07, 6.45) is 1.09. The standard InChI is InChI=1S/C15H26N3O/c1-17-7-10-18(2,11-8-17)9-4-12-19-15-6-3-5-14(16)13-15/h3,5-6,13H,4,7-12,16H2,1-2H3/q+1. The number of rotatable bonds is 5. The Morgan fingerprint density at radius 1 is 1.32 bits per heavy atom. The predicted octanol–water partition coefficient (Wildman–Crippen LogP) is 1.43. The number of piperazine rings is 1. The van der Waals surface area contributed by atoms with Gasteiger partial charge < -0.3 is 15.0 Å². The molecule has 0 aromatic heterocycles. The minimum Gasteiger partial charge on any atom is -0.493 e. The molecule has 0 atom stereocenters. The summed E-state index contributed by atoms with van der Waals surface area (Å²) in [4.78, 5) is 2.41. The highest BCUT2D eigenvalue weighted by Gasteiger charge is 2.26. The lowest BCUT2D eigenvalue weighted by Gasteiger charge is -2.41. The molecule has 0 spiro atoms. The number of ether oxygens (including phenoxy) is 1. The summed E-state index contributed by atoms with van der Waals surface area (Å²) in [6, 6.07) is 7.65. The summed E-state index contributed by atoms with van der Waals surface area (Å²) in [5.41, 5.74) is 6.49. The van der Waals surface area contributed by atoms with Gasteiger partial charge in [0, 0.05) is 31.3 Å². The maximum absolute atomic E-state index is 5.74. The van der Waals surface area contributed by atoms with Crippen molar-refractivity contribution in [2.75, 3.05) is 59.2 Å². The minimum absolute atomic E-state index is 0.760. The first-order valence-electron chi connectivity index (χ1n) is 7.08. The maximum atomic E-state index is 5.74. The second-order valence-electron chi connectivity index (χ2n) is 5.87. The smallest absolute Gasteiger partial charge is 0.121 e. The van der Waals surface area contributed by atoms with Crippen molar-refractivity contribution >= 4 is 5.69 Å². The van der Waals surface area contributed by atoms with Gasteiger partial charge in [-0.25, -0.2) is 0 Å². The van der Waals surface area contributed by atoms with Crippen molar-refractivity contribution in [3.05, 3.63) is 24.3 Å². The van der Waals surface area contributed by atoms with Crippen LogP contribution in [0.1, 0.15) is 6.42 Å². The van der Waals surface area contributed by atoms with Gasteiger partial charge in [0.15, 0.2) is 0 Å². The third-order valence-corrected chi connectivity index (χ3v) is 4.01. The van der Waals surface area contributed by atoms with E-state index in [-0.39, 0.29) is 0 Å². The monoisotopic (exact) mass is 264 g/mol. The Morgan fingerprint density at radius 3 is 2.74 bits per heavy atom. The van der Waals surface area contributed by atoms with Gasteiger partial charge in [0.25, 0.3) is 0 Å². The summed E-state index contributed by atoms with van der Waals surface area (Å²) < 4.78 is 6.91. The molecule has 19 heavy (non-hydrogen) atoms. The minimum atomic E-state index is 0.760. The quantitative estimate of drug-likeness (QED) is 0.497. The van der Waals surface area contributed by atoms with Gasteiger partial charge >= 0.3 is 0 Å². The Hall–Kier alpha value is -1.26. The van der Waals surface area contributed by atoms with E-state index >= 15 is 0 Å². The molecule has 2 N–H and O–H groups in total. The van der Waals surface area contributed by atoms with Crippen molar-refractivity contribution < 1.29 is 9.22 Å². The van der Waals surface area contributed by atoms with Gasteiger partial charge in [-0.15, -0.1) is 0 Å². The molecular weight excluding hydrogens is 238 g/mol. The van der Waals surface area contributed by atoms with Crippen LogP contribution >= 0.6 is 0 Å². The van der Waals surface area contributed by atoms with Crippen molar-refractivity contribution in [1.82, 2.24) is 4.90 Å². The van der Waals surface area contributed by atoms with Crippen LogP contribution in [0.4, 0.5) is 5.69 Å². The average molecular weight is 264 g/mol. The van der Waals surface area contributed by atoms with Gasteiger partial charge in [-0.05, 0) is 19.2 Å². The molecule has 106 valence electrons. The lowest BCUT2D eigenvalue weighted by atomic mass is 10.2. The van der Waals surface area contributed by atoms with Crippen LogP contribution in [0.5, 0.6) is 5.75 Å². The van der Waals surface area contributed by atoms with E-state index in [1.807, 2.05) is 24.3 Å². The molecule has 1 fully saturated rings. The molecule has 1 aliphatic heterocycles. The summed E-state index contributed by atoms with van der Waals surface area (Å²) in [5, 5.41) is 0. The molecule has 1 aromatic carbocycles. The SMILES string of the molecule is CN1CC[N+](C)(CCCOc2cccc(N)c2)CC1. The van der Waals surface area contributed by atoms with Crippen LogP contribution in [0.2, 0.25) is 0 Å². The van der Waals surface area contributed by atoms with Crippen molar-refractivity contribution in [2.24, 2.45) is 0 Å². The molecule has 1 aromatic rings. The van der Waals surface area contributed by atoms with Crippen LogP contribution < -0.4 is 10.5 Å². The Balaban J connectivity index is 1.69. The highest BCUT2D eigenvalue weighted by Crippen LogP contribution is 2.15. The molecule has 0 aliphatic carbocycles. The Labute approximate surface area is 116 Å². The highest BCUT2D eigenvalue weighted by molar-refractivity contribution is 5.43. The van der Waals surface area contributed by atoms with Crippen LogP contribution in [0.25, 0.3) is 0 Å². The molecule has 0 amide bonds. The summed E-state index contributed by atoms with van der Waals surface area (Å²) in [5.74, 6) is 0.876. The number of benzene rings is 1. The molecule has 4 nitrogen and oxygen atoms in total. The van der Waals surface area contributed by atoms with Crippen molar-refractivity contribution in [3.8, 4) is 5.75 Å². The van der Waals surface area contributed by atoms with Crippen LogP contribution in [0, 0.1) is 0 Å². The first-order chi connectivity index (χ1) is 9.07. The van der Waals surface area contributed by atoms with E-state index in [0.29, 0.717) is 0 Å². The highest BCUT2D eigenvalue weighted by atomic mass is 16.5. The first kappa shape index (κ1) is 14.2. The van der Waals surface area contributed by atoms with Crippen LogP contribution in [0.15, 0.2) is 24.3 Å². The molecule has 0 saturated carbocycles. The van der Waals surface area contributed by atoms with Crippen LogP contribution in [-0.2, 0) is 0 Å². The molecule has 0 radical (unpaired) electrons. The van der Waals surface area contributed by atoms with E-state index in [1.165, 1.54) is 37.2 Å². The normalized spacial score (nSPS) is 19.3. The maximum Gasteiger partial charge on any atom is 0.121 e. The zero-order valence-corrected chi connectivity index (χ0v) is 12.1. The summed E-state index contributed by atoms with van der Waals surface area (Å²) in [7, 11) is 4.56. The Bertz CT molecular complexity index is 400. The van der Waals surface area contributed by atoms with Gasteiger partial charge in [0.1, 0.15) is 5.75 Å². The average Bonchev–Trinajstić information content (AvgIpc) is 2.39. The van der Waals surface area contributed by atoms with Crippen molar-refractivity contribution in [3.63, 3.8) is 0 Å². The van der Waals surface area contributed by atoms with Crippen LogP contribution in [-0.4, -0.2) is 62.8 Å². The number of hydrogen-bond acceptors (Lipinski definition) is 3. The van der Waals surface area contributed by atoms with Crippen molar-refractivity contribution in [1.29, 1.82) is 0 Å². The molecule has 1 saturated heterocycles. The van der Waals surface area contributed by atoms with E-state index < -0.39 is 0 Å². The fourth-order valence-electron chi connectivity index (χ4n) is 2.51. The van der Waals surface area contributed by atoms with E-state index in [2.05, 4.69) is 19.0 Å². The van der Waals surface area contributed by atoms with Gasteiger partial charge in [0.2, 0.25) is 0 Å². The lowest BCUT2D eigenvalue weighted by molar-refractivity contribution is -0.913. The lowest BCUT2D eigenvalue weighted by Crippen LogP contribution is -2.56. The number of quaternary nitrogens is 1. The van der Waals surface area contributed by atoms with E-state index in [1.54, 1.807) is 0 Å². The number of nitrogens with two attached hydrogens (primary N) is 1. The fourth-order valence-corrected chi connectivity index (χ4v) is 2.51. The third-order valence-electron chi connectivity index (χ3n) is 4.01. The molecular formula is C15H26N3O+. The van der Waals surface area contributed by atoms with Crippen molar-refractivity contribution in [2.45, 2.75) is 6.42 Å². The first-order valence-corrected chi connectivity index (χ1v) is 7.08. The zero-order chi connectivity index (χ0) is 13.7. The zero-order valence-electron chi connectivity index (χ0n) is 12.1. The number of hydrogen-bond donors (Lipinski definition) is 1. The van der Waals surface area contributed by atoms with E-state index in [9.17, 15) is 0 Å². The number of nitrogen functional groups attached to an aromatic ring is 1. The molecule has 4 heteroatoms. The van der Waals surface area contributed by atoms with E-state index in [4.69, 9.17) is 10.5 Å². The molecule has 1 heterocycles. The second-order valence-corrected chi connectivity index (χ2v) is 5.87. The summed E-state index contributed by atoms with van der Waals surface area (Å²) in [6.45, 7) is 6.85. The number of anilines is 1. The van der Waals surface area contributed by atoms with E-state index in [0.717, 1.165) is 24.5 Å². The topological polar surface area (TPSA) is 38.5 Å². The molecule has 2 rings (SSSR count). The summed E-state index contributed by atoms with van der Waals surface area (Å²) >= 11 is 0. The number of nitrogens with zero attached hydrogens (tertiary/aromatic N) is 2. The number of likely N-dealkylation sites (N-methyl/N-ethyl adjacent to an activating group) is 2. The Kier molecular flexibility index (Phi) is 4.66. The largest absolute Gasteiger partial charge is 0.493 e. The molecule has 0 bridgehead atoms. The molecule has 1 aliphatic rings. The van der Waals surface area contributed by atoms with Gasteiger partial charge in [-0.1, -0.05) is 6.07 Å². The second kappa shape index (κ2) is 6.26. The van der Waals surface area contributed by atoms with Crippen LogP contribution in [0.3, 0.4) is 0 Å². The molecule has 0 unspecified atom stereocenters. The fraction of sp³-hybridized carbons (Fsp3) is 0.600.